The molecule has 1 fully saturated rings. The van der Waals surface area contributed by atoms with Crippen LogP contribution in [0.5, 0.6) is 0 Å². The van der Waals surface area contributed by atoms with Crippen LogP contribution in [-0.4, -0.2) is 51.9 Å². The second kappa shape index (κ2) is 8.68. The molecule has 4 aromatic rings. The molecule has 0 bridgehead atoms. The first-order valence-electron chi connectivity index (χ1n) is 10.4. The summed E-state index contributed by atoms with van der Waals surface area (Å²) < 4.78 is 13.2. The number of amides is 1. The van der Waals surface area contributed by atoms with Gasteiger partial charge in [0.25, 0.3) is 5.91 Å². The van der Waals surface area contributed by atoms with Gasteiger partial charge in [-0.05, 0) is 48.5 Å². The summed E-state index contributed by atoms with van der Waals surface area (Å²) in [6.45, 7) is 3.08. The van der Waals surface area contributed by atoms with Gasteiger partial charge in [-0.1, -0.05) is 12.1 Å². The van der Waals surface area contributed by atoms with Crippen molar-refractivity contribution in [1.29, 1.82) is 0 Å². The quantitative estimate of drug-likeness (QED) is 0.517. The number of nitrogens with zero attached hydrogens (tertiary/aromatic N) is 4. The van der Waals surface area contributed by atoms with E-state index >= 15 is 0 Å². The maximum atomic E-state index is 13.2. The van der Waals surface area contributed by atoms with Crippen molar-refractivity contribution in [1.82, 2.24) is 25.2 Å². The summed E-state index contributed by atoms with van der Waals surface area (Å²) in [4.78, 5) is 27.9. The third-order valence-electron chi connectivity index (χ3n) is 5.42. The fourth-order valence-electron chi connectivity index (χ4n) is 3.70. The van der Waals surface area contributed by atoms with Gasteiger partial charge in [-0.15, -0.1) is 0 Å². The largest absolute Gasteiger partial charge is 0.338 e. The van der Waals surface area contributed by atoms with Gasteiger partial charge in [0.05, 0.1) is 11.2 Å². The Morgan fingerprint density at radius 2 is 1.69 bits per heavy atom. The van der Waals surface area contributed by atoms with E-state index < -0.39 is 0 Å². The van der Waals surface area contributed by atoms with Crippen molar-refractivity contribution in [3.63, 3.8) is 0 Å². The van der Waals surface area contributed by atoms with Gasteiger partial charge in [-0.3, -0.25) is 4.79 Å². The molecular formula is C24H21FN6O. The lowest BCUT2D eigenvalue weighted by Gasteiger charge is -2.27. The maximum absolute atomic E-state index is 13.2. The minimum Gasteiger partial charge on any atom is -0.338 e. The fraction of sp³-hybridized carbons (Fsp3) is 0.167. The van der Waals surface area contributed by atoms with Crippen LogP contribution in [0, 0.1) is 5.82 Å². The van der Waals surface area contributed by atoms with E-state index in [1.54, 1.807) is 12.1 Å². The summed E-state index contributed by atoms with van der Waals surface area (Å²) in [5.41, 5.74) is 4.30. The van der Waals surface area contributed by atoms with Crippen molar-refractivity contribution in [2.24, 2.45) is 0 Å². The molecule has 7 nitrogen and oxygen atoms in total. The predicted molar refractivity (Wildman–Crippen MR) is 121 cm³/mol. The van der Waals surface area contributed by atoms with Crippen molar-refractivity contribution >= 4 is 28.4 Å². The van der Waals surface area contributed by atoms with E-state index in [2.05, 4.69) is 20.6 Å². The molecule has 160 valence electrons. The Labute approximate surface area is 184 Å². The van der Waals surface area contributed by atoms with Gasteiger partial charge in [-0.2, -0.15) is 0 Å². The van der Waals surface area contributed by atoms with Crippen LogP contribution < -0.4 is 10.6 Å². The summed E-state index contributed by atoms with van der Waals surface area (Å²) in [5.74, 6) is 0.278. The molecular weight excluding hydrogens is 407 g/mol. The Morgan fingerprint density at radius 1 is 0.938 bits per heavy atom. The molecule has 1 saturated heterocycles. The molecule has 2 aromatic carbocycles. The lowest BCUT2D eigenvalue weighted by molar-refractivity contribution is 0.0736. The van der Waals surface area contributed by atoms with Crippen molar-refractivity contribution in [3.05, 3.63) is 78.4 Å². The SMILES string of the molecule is O=C(c1ccc(-c2ccc3ncnc(Nc4ccc(F)cc4)c3n2)cc1)N1CCNCC1. The number of pyridine rings is 1. The monoisotopic (exact) mass is 428 g/mol. The smallest absolute Gasteiger partial charge is 0.253 e. The second-order valence-electron chi connectivity index (χ2n) is 7.54. The summed E-state index contributed by atoms with van der Waals surface area (Å²) in [6, 6.07) is 17.3. The zero-order valence-electron chi connectivity index (χ0n) is 17.3. The number of anilines is 2. The summed E-state index contributed by atoms with van der Waals surface area (Å²) in [7, 11) is 0. The molecule has 1 amide bonds. The van der Waals surface area contributed by atoms with E-state index in [1.807, 2.05) is 41.3 Å². The number of piperazine rings is 1. The van der Waals surface area contributed by atoms with Crippen LogP contribution in [0.15, 0.2) is 67.0 Å². The van der Waals surface area contributed by atoms with Crippen LogP contribution in [0.25, 0.3) is 22.3 Å². The molecule has 0 saturated carbocycles. The number of hydrogen-bond donors (Lipinski definition) is 2. The normalized spacial score (nSPS) is 13.8. The van der Waals surface area contributed by atoms with Crippen LogP contribution in [-0.2, 0) is 0 Å². The Kier molecular flexibility index (Phi) is 5.43. The molecule has 1 aliphatic heterocycles. The molecule has 5 rings (SSSR count). The van der Waals surface area contributed by atoms with Crippen LogP contribution >= 0.6 is 0 Å². The van der Waals surface area contributed by atoms with Crippen molar-refractivity contribution in [2.75, 3.05) is 31.5 Å². The molecule has 2 aromatic heterocycles. The average molecular weight is 428 g/mol. The van der Waals surface area contributed by atoms with Crippen LogP contribution in [0.2, 0.25) is 0 Å². The first-order chi connectivity index (χ1) is 15.7. The molecule has 8 heteroatoms. The number of hydrogen-bond acceptors (Lipinski definition) is 6. The highest BCUT2D eigenvalue weighted by atomic mass is 19.1. The maximum Gasteiger partial charge on any atom is 0.253 e. The Hall–Kier alpha value is -3.91. The zero-order valence-corrected chi connectivity index (χ0v) is 17.3. The lowest BCUT2D eigenvalue weighted by atomic mass is 10.1. The number of carbonyl (C=O) groups excluding carboxylic acids is 1. The number of nitrogens with one attached hydrogen (secondary N) is 2. The van der Waals surface area contributed by atoms with Gasteiger partial charge >= 0.3 is 0 Å². The molecule has 32 heavy (non-hydrogen) atoms. The summed E-state index contributed by atoms with van der Waals surface area (Å²) in [6.07, 6.45) is 1.46. The molecule has 0 atom stereocenters. The molecule has 0 aliphatic carbocycles. The lowest BCUT2D eigenvalue weighted by Crippen LogP contribution is -2.46. The highest BCUT2D eigenvalue weighted by Crippen LogP contribution is 2.26. The number of fused-ring (bicyclic) bond motifs is 1. The van der Waals surface area contributed by atoms with E-state index in [-0.39, 0.29) is 11.7 Å². The third-order valence-corrected chi connectivity index (χ3v) is 5.42. The van der Waals surface area contributed by atoms with Crippen molar-refractivity contribution < 1.29 is 9.18 Å². The van der Waals surface area contributed by atoms with Gasteiger partial charge in [-0.25, -0.2) is 19.3 Å². The predicted octanol–water partition coefficient (Wildman–Crippen LogP) is 3.62. The van der Waals surface area contributed by atoms with Gasteiger partial charge in [0.1, 0.15) is 17.7 Å². The first kappa shape index (κ1) is 20.0. The number of carbonyl (C=O) groups is 1. The van der Waals surface area contributed by atoms with Crippen LogP contribution in [0.1, 0.15) is 10.4 Å². The van der Waals surface area contributed by atoms with Crippen LogP contribution in [0.3, 0.4) is 0 Å². The molecule has 2 N–H and O–H groups in total. The number of aromatic nitrogens is 3. The molecule has 3 heterocycles. The van der Waals surface area contributed by atoms with E-state index in [0.29, 0.717) is 28.1 Å². The van der Waals surface area contributed by atoms with Crippen molar-refractivity contribution in [2.45, 2.75) is 0 Å². The van der Waals surface area contributed by atoms with E-state index in [0.717, 1.165) is 37.4 Å². The van der Waals surface area contributed by atoms with E-state index in [9.17, 15) is 9.18 Å². The molecule has 0 radical (unpaired) electrons. The molecule has 0 spiro atoms. The summed E-state index contributed by atoms with van der Waals surface area (Å²) >= 11 is 0. The summed E-state index contributed by atoms with van der Waals surface area (Å²) in [5, 5.41) is 6.43. The minimum atomic E-state index is -0.303. The number of halogens is 1. The van der Waals surface area contributed by atoms with Gasteiger partial charge < -0.3 is 15.5 Å². The van der Waals surface area contributed by atoms with Gasteiger partial charge in [0, 0.05) is 43.0 Å². The standard InChI is InChI=1S/C24H21FN6O/c25-18-5-7-19(8-6-18)29-23-22-21(27-15-28-23)10-9-20(30-22)16-1-3-17(4-2-16)24(32)31-13-11-26-12-14-31/h1-10,15,26H,11-14H2,(H,27,28,29). The zero-order chi connectivity index (χ0) is 21.9. The Morgan fingerprint density at radius 3 is 2.44 bits per heavy atom. The van der Waals surface area contributed by atoms with E-state index in [4.69, 9.17) is 4.98 Å². The topological polar surface area (TPSA) is 83.0 Å². The third kappa shape index (κ3) is 4.13. The fourth-order valence-corrected chi connectivity index (χ4v) is 3.70. The molecule has 0 unspecified atom stereocenters. The van der Waals surface area contributed by atoms with Gasteiger partial charge in [0.2, 0.25) is 0 Å². The highest BCUT2D eigenvalue weighted by Gasteiger charge is 2.18. The second-order valence-corrected chi connectivity index (χ2v) is 7.54. The first-order valence-corrected chi connectivity index (χ1v) is 10.4. The average Bonchev–Trinajstić information content (AvgIpc) is 2.85. The number of rotatable bonds is 4. The Balaban J connectivity index is 1.42. The molecule has 1 aliphatic rings. The highest BCUT2D eigenvalue weighted by molar-refractivity contribution is 5.95. The van der Waals surface area contributed by atoms with E-state index in [1.165, 1.54) is 18.5 Å². The van der Waals surface area contributed by atoms with Crippen LogP contribution in [0.4, 0.5) is 15.9 Å². The van der Waals surface area contributed by atoms with Crippen molar-refractivity contribution in [3.8, 4) is 11.3 Å². The van der Waals surface area contributed by atoms with Gasteiger partial charge in [0.15, 0.2) is 5.82 Å². The Bertz CT molecular complexity index is 1250. The minimum absolute atomic E-state index is 0.0451. The number of benzene rings is 2.